The molecule has 2 rings (SSSR count). The molecule has 0 amide bonds. The second-order valence-electron chi connectivity index (χ2n) is 5.74. The fraction of sp³-hybridized carbons (Fsp3) is 0.625. The standard InChI is InChI=1S/C16H20ClF3/c1-11-6-2-3-7-12(11)10-15(17)13-8-4-5-9-14(13)16(18,19)20/h2-3,6-7,13-15H,4-5,8-10H2,1H3. The third-order valence-corrected chi connectivity index (χ3v) is 4.86. The molecule has 0 bridgehead atoms. The van der Waals surface area contributed by atoms with Gasteiger partial charge in [0.05, 0.1) is 5.92 Å². The molecule has 0 aliphatic heterocycles. The molecule has 4 heteroatoms. The molecule has 3 atom stereocenters. The van der Waals surface area contributed by atoms with Crippen molar-refractivity contribution in [1.29, 1.82) is 0 Å². The molecule has 0 heterocycles. The van der Waals surface area contributed by atoms with Gasteiger partial charge in [0.2, 0.25) is 0 Å². The van der Waals surface area contributed by atoms with Gasteiger partial charge in [-0.1, -0.05) is 37.1 Å². The molecule has 0 nitrogen and oxygen atoms in total. The molecule has 1 aliphatic carbocycles. The summed E-state index contributed by atoms with van der Waals surface area (Å²) in [5.74, 6) is -1.69. The monoisotopic (exact) mass is 304 g/mol. The van der Waals surface area contributed by atoms with E-state index in [2.05, 4.69) is 0 Å². The van der Waals surface area contributed by atoms with Crippen molar-refractivity contribution in [2.45, 2.75) is 50.6 Å². The normalized spacial score (nSPS) is 25.4. The Balaban J connectivity index is 2.10. The van der Waals surface area contributed by atoms with Gasteiger partial charge in [-0.3, -0.25) is 0 Å². The van der Waals surface area contributed by atoms with E-state index in [0.29, 0.717) is 19.3 Å². The van der Waals surface area contributed by atoms with Crippen molar-refractivity contribution in [3.63, 3.8) is 0 Å². The van der Waals surface area contributed by atoms with E-state index in [4.69, 9.17) is 11.6 Å². The van der Waals surface area contributed by atoms with Crippen molar-refractivity contribution in [2.75, 3.05) is 0 Å². The average Bonchev–Trinajstić information content (AvgIpc) is 2.40. The lowest BCUT2D eigenvalue weighted by Gasteiger charge is -2.36. The van der Waals surface area contributed by atoms with E-state index in [0.717, 1.165) is 17.5 Å². The van der Waals surface area contributed by atoms with Crippen LogP contribution in [0.25, 0.3) is 0 Å². The highest BCUT2D eigenvalue weighted by molar-refractivity contribution is 6.21. The van der Waals surface area contributed by atoms with Crippen LogP contribution >= 0.6 is 11.6 Å². The van der Waals surface area contributed by atoms with Crippen LogP contribution in [0.15, 0.2) is 24.3 Å². The largest absolute Gasteiger partial charge is 0.392 e. The Kier molecular flexibility index (Phi) is 5.00. The maximum absolute atomic E-state index is 13.1. The van der Waals surface area contributed by atoms with E-state index >= 15 is 0 Å². The molecule has 112 valence electrons. The van der Waals surface area contributed by atoms with Crippen LogP contribution < -0.4 is 0 Å². The Bertz CT molecular complexity index is 442. The first-order chi connectivity index (χ1) is 9.39. The van der Waals surface area contributed by atoms with Gasteiger partial charge >= 0.3 is 6.18 Å². The van der Waals surface area contributed by atoms with Gasteiger partial charge < -0.3 is 0 Å². The summed E-state index contributed by atoms with van der Waals surface area (Å²) in [7, 11) is 0. The summed E-state index contributed by atoms with van der Waals surface area (Å²) < 4.78 is 39.3. The number of hydrogen-bond acceptors (Lipinski definition) is 0. The van der Waals surface area contributed by atoms with Gasteiger partial charge in [0.15, 0.2) is 0 Å². The van der Waals surface area contributed by atoms with Gasteiger partial charge in [0.25, 0.3) is 0 Å². The van der Waals surface area contributed by atoms with E-state index in [9.17, 15) is 13.2 Å². The minimum atomic E-state index is -4.12. The third kappa shape index (κ3) is 3.69. The number of benzene rings is 1. The summed E-state index contributed by atoms with van der Waals surface area (Å²) >= 11 is 6.37. The van der Waals surface area contributed by atoms with Gasteiger partial charge in [-0.25, -0.2) is 0 Å². The zero-order valence-electron chi connectivity index (χ0n) is 11.6. The molecule has 0 aromatic heterocycles. The molecule has 1 aliphatic rings. The van der Waals surface area contributed by atoms with Gasteiger partial charge in [-0.2, -0.15) is 13.2 Å². The number of halogens is 4. The molecule has 3 unspecified atom stereocenters. The zero-order valence-corrected chi connectivity index (χ0v) is 12.3. The van der Waals surface area contributed by atoms with Crippen molar-refractivity contribution in [1.82, 2.24) is 0 Å². The molecule has 1 aromatic carbocycles. The summed E-state index contributed by atoms with van der Waals surface area (Å²) in [6.07, 6.45) is -1.27. The molecule has 1 fully saturated rings. The molecule has 0 N–H and O–H groups in total. The number of hydrogen-bond donors (Lipinski definition) is 0. The Morgan fingerprint density at radius 2 is 1.85 bits per heavy atom. The molecular weight excluding hydrogens is 285 g/mol. The first-order valence-electron chi connectivity index (χ1n) is 7.15. The number of rotatable bonds is 3. The lowest BCUT2D eigenvalue weighted by Crippen LogP contribution is -2.38. The highest BCUT2D eigenvalue weighted by Crippen LogP contribution is 2.44. The molecule has 1 aromatic rings. The van der Waals surface area contributed by atoms with Crippen LogP contribution in [0.5, 0.6) is 0 Å². The smallest absolute Gasteiger partial charge is 0.171 e. The van der Waals surface area contributed by atoms with Gasteiger partial charge in [-0.05, 0) is 43.2 Å². The molecule has 0 saturated heterocycles. The second-order valence-corrected chi connectivity index (χ2v) is 6.30. The summed E-state index contributed by atoms with van der Waals surface area (Å²) in [5.41, 5.74) is 2.15. The summed E-state index contributed by atoms with van der Waals surface area (Å²) in [5, 5.41) is -0.442. The van der Waals surface area contributed by atoms with E-state index in [1.807, 2.05) is 31.2 Å². The SMILES string of the molecule is Cc1ccccc1CC(Cl)C1CCCCC1C(F)(F)F. The van der Waals surface area contributed by atoms with E-state index < -0.39 is 23.4 Å². The molecule has 1 saturated carbocycles. The molecule has 20 heavy (non-hydrogen) atoms. The van der Waals surface area contributed by atoms with Crippen LogP contribution in [0.2, 0.25) is 0 Å². The maximum atomic E-state index is 13.1. The van der Waals surface area contributed by atoms with Crippen molar-refractivity contribution in [3.8, 4) is 0 Å². The van der Waals surface area contributed by atoms with E-state index in [1.165, 1.54) is 0 Å². The minimum absolute atomic E-state index is 0.227. The number of aryl methyl sites for hydroxylation is 1. The minimum Gasteiger partial charge on any atom is -0.171 e. The Labute approximate surface area is 123 Å². The van der Waals surface area contributed by atoms with Gasteiger partial charge in [0.1, 0.15) is 0 Å². The fourth-order valence-corrected chi connectivity index (χ4v) is 3.67. The van der Waals surface area contributed by atoms with Gasteiger partial charge in [0, 0.05) is 5.38 Å². The second kappa shape index (κ2) is 6.38. The third-order valence-electron chi connectivity index (χ3n) is 4.38. The first-order valence-corrected chi connectivity index (χ1v) is 7.58. The predicted molar refractivity (Wildman–Crippen MR) is 76.0 cm³/mol. The van der Waals surface area contributed by atoms with Crippen LogP contribution in [0.4, 0.5) is 13.2 Å². The van der Waals surface area contributed by atoms with Crippen LogP contribution in [0.3, 0.4) is 0 Å². The van der Waals surface area contributed by atoms with Crippen LogP contribution in [0.1, 0.15) is 36.8 Å². The topological polar surface area (TPSA) is 0 Å². The van der Waals surface area contributed by atoms with Crippen LogP contribution in [-0.4, -0.2) is 11.6 Å². The summed E-state index contributed by atoms with van der Waals surface area (Å²) in [4.78, 5) is 0. The Morgan fingerprint density at radius 1 is 1.20 bits per heavy atom. The lowest BCUT2D eigenvalue weighted by molar-refractivity contribution is -0.196. The average molecular weight is 305 g/mol. The Morgan fingerprint density at radius 3 is 2.50 bits per heavy atom. The van der Waals surface area contributed by atoms with Gasteiger partial charge in [-0.15, -0.1) is 11.6 Å². The quantitative estimate of drug-likeness (QED) is 0.646. The lowest BCUT2D eigenvalue weighted by atomic mass is 9.75. The van der Waals surface area contributed by atoms with E-state index in [1.54, 1.807) is 0 Å². The number of alkyl halides is 4. The zero-order chi connectivity index (χ0) is 14.8. The Hall–Kier alpha value is -0.700. The van der Waals surface area contributed by atoms with Crippen LogP contribution in [-0.2, 0) is 6.42 Å². The first kappa shape index (κ1) is 15.7. The molecular formula is C16H20ClF3. The predicted octanol–water partition coefficient (Wildman–Crippen LogP) is 5.51. The van der Waals surface area contributed by atoms with Crippen molar-refractivity contribution >= 4 is 11.6 Å². The van der Waals surface area contributed by atoms with Crippen molar-refractivity contribution in [3.05, 3.63) is 35.4 Å². The van der Waals surface area contributed by atoms with Crippen molar-refractivity contribution < 1.29 is 13.2 Å². The van der Waals surface area contributed by atoms with Crippen molar-refractivity contribution in [2.24, 2.45) is 11.8 Å². The maximum Gasteiger partial charge on any atom is 0.392 e. The van der Waals surface area contributed by atoms with E-state index in [-0.39, 0.29) is 6.42 Å². The highest BCUT2D eigenvalue weighted by Gasteiger charge is 2.47. The summed E-state index contributed by atoms with van der Waals surface area (Å²) in [6.45, 7) is 1.97. The summed E-state index contributed by atoms with van der Waals surface area (Å²) in [6, 6.07) is 7.77. The molecule has 0 radical (unpaired) electrons. The molecule has 0 spiro atoms. The fourth-order valence-electron chi connectivity index (χ4n) is 3.20. The van der Waals surface area contributed by atoms with Crippen LogP contribution in [0, 0.1) is 18.8 Å². The highest BCUT2D eigenvalue weighted by atomic mass is 35.5.